The molecule has 1 saturated carbocycles. The highest BCUT2D eigenvalue weighted by Crippen LogP contribution is 2.27. The zero-order chi connectivity index (χ0) is 19.2. The Bertz CT molecular complexity index is 637. The fraction of sp³-hybridized carbons (Fsp3) is 0.800. The zero-order valence-electron chi connectivity index (χ0n) is 16.6. The van der Waals surface area contributed by atoms with Crippen LogP contribution < -0.4 is 5.32 Å². The number of carbonyl (C=O) groups is 2. The van der Waals surface area contributed by atoms with Crippen LogP contribution in [0.5, 0.6) is 0 Å². The smallest absolute Gasteiger partial charge is 0.228 e. The van der Waals surface area contributed by atoms with Crippen LogP contribution in [-0.4, -0.2) is 46.5 Å². The lowest BCUT2D eigenvalue weighted by Crippen LogP contribution is -2.47. The van der Waals surface area contributed by atoms with Crippen LogP contribution in [0.3, 0.4) is 0 Å². The molecule has 0 radical (unpaired) electrons. The summed E-state index contributed by atoms with van der Waals surface area (Å²) in [6.45, 7) is 5.88. The third-order valence-corrected chi connectivity index (χ3v) is 5.71. The van der Waals surface area contributed by atoms with Crippen LogP contribution in [0.1, 0.15) is 76.4 Å². The van der Waals surface area contributed by atoms with Crippen LogP contribution in [-0.2, 0) is 16.0 Å². The first-order valence-corrected chi connectivity index (χ1v) is 10.4. The molecule has 1 aromatic heterocycles. The van der Waals surface area contributed by atoms with Crippen LogP contribution in [0, 0.1) is 11.8 Å². The summed E-state index contributed by atoms with van der Waals surface area (Å²) in [4.78, 5) is 31.0. The Morgan fingerprint density at radius 2 is 2.04 bits per heavy atom. The highest BCUT2D eigenvalue weighted by atomic mass is 16.5. The molecule has 0 unspecified atom stereocenters. The summed E-state index contributed by atoms with van der Waals surface area (Å²) in [5.41, 5.74) is 0. The summed E-state index contributed by atoms with van der Waals surface area (Å²) in [5, 5.41) is 6.91. The first-order valence-electron chi connectivity index (χ1n) is 10.4. The van der Waals surface area contributed by atoms with E-state index in [-0.39, 0.29) is 23.7 Å². The van der Waals surface area contributed by atoms with E-state index in [4.69, 9.17) is 4.52 Å². The third-order valence-electron chi connectivity index (χ3n) is 5.71. The molecule has 27 heavy (non-hydrogen) atoms. The number of amides is 2. The van der Waals surface area contributed by atoms with E-state index in [1.807, 2.05) is 18.7 Å². The fourth-order valence-corrected chi connectivity index (χ4v) is 4.03. The van der Waals surface area contributed by atoms with Gasteiger partial charge in [-0.3, -0.25) is 9.59 Å². The average molecular weight is 377 g/mol. The van der Waals surface area contributed by atoms with E-state index < -0.39 is 0 Å². The zero-order valence-corrected chi connectivity index (χ0v) is 16.6. The third kappa shape index (κ3) is 5.53. The largest absolute Gasteiger partial charge is 0.355 e. The number of carbonyl (C=O) groups excluding carboxylic acids is 2. The van der Waals surface area contributed by atoms with E-state index in [1.54, 1.807) is 0 Å². The first-order chi connectivity index (χ1) is 13.0. The first kappa shape index (κ1) is 19.8. The summed E-state index contributed by atoms with van der Waals surface area (Å²) >= 11 is 0. The highest BCUT2D eigenvalue weighted by Gasteiger charge is 2.31. The van der Waals surface area contributed by atoms with Gasteiger partial charge >= 0.3 is 0 Å². The lowest BCUT2D eigenvalue weighted by atomic mass is 9.87. The summed E-state index contributed by atoms with van der Waals surface area (Å²) in [7, 11) is 0. The minimum atomic E-state index is -0.111. The Balaban J connectivity index is 1.43. The summed E-state index contributed by atoms with van der Waals surface area (Å²) < 4.78 is 5.20. The number of rotatable bonds is 7. The molecule has 2 amide bonds. The normalized spacial score (nSPS) is 21.7. The second kappa shape index (κ2) is 9.33. The van der Waals surface area contributed by atoms with Gasteiger partial charge in [0, 0.05) is 38.4 Å². The topological polar surface area (TPSA) is 88.3 Å². The molecule has 7 nitrogen and oxygen atoms in total. The maximum atomic E-state index is 12.5. The quantitative estimate of drug-likeness (QED) is 0.790. The molecule has 150 valence electrons. The standard InChI is InChI=1S/C20H32N4O3/c1-14(2)19-22-17(27-23-19)10-11-21-20(26)16-8-9-18(25)24(13-16)12-15-6-4-3-5-7-15/h14-16H,3-13H2,1-2H3,(H,21,26)/t16-/m1/s1. The molecule has 1 N–H and O–H groups in total. The van der Waals surface area contributed by atoms with Crippen molar-refractivity contribution in [2.24, 2.45) is 11.8 Å². The summed E-state index contributed by atoms with van der Waals surface area (Å²) in [6, 6.07) is 0. The van der Waals surface area contributed by atoms with Crippen LogP contribution >= 0.6 is 0 Å². The van der Waals surface area contributed by atoms with Crippen molar-refractivity contribution in [2.75, 3.05) is 19.6 Å². The van der Waals surface area contributed by atoms with Crippen molar-refractivity contribution in [3.63, 3.8) is 0 Å². The summed E-state index contributed by atoms with van der Waals surface area (Å²) in [5.74, 6) is 2.21. The van der Waals surface area contributed by atoms with E-state index in [1.165, 1.54) is 32.1 Å². The van der Waals surface area contributed by atoms with Crippen molar-refractivity contribution in [3.05, 3.63) is 11.7 Å². The predicted molar refractivity (Wildman–Crippen MR) is 101 cm³/mol. The molecule has 1 aromatic rings. The van der Waals surface area contributed by atoms with E-state index in [0.29, 0.717) is 50.0 Å². The maximum Gasteiger partial charge on any atom is 0.228 e. The van der Waals surface area contributed by atoms with Gasteiger partial charge in [0.15, 0.2) is 5.82 Å². The second-order valence-electron chi connectivity index (χ2n) is 8.28. The SMILES string of the molecule is CC(C)c1noc(CCNC(=O)[C@@H]2CCC(=O)N(CC3CCCCC3)C2)n1. The van der Waals surface area contributed by atoms with Crippen molar-refractivity contribution < 1.29 is 14.1 Å². The van der Waals surface area contributed by atoms with Crippen molar-refractivity contribution in [1.29, 1.82) is 0 Å². The van der Waals surface area contributed by atoms with Crippen molar-refractivity contribution in [3.8, 4) is 0 Å². The van der Waals surface area contributed by atoms with Gasteiger partial charge < -0.3 is 14.7 Å². The monoisotopic (exact) mass is 376 g/mol. The van der Waals surface area contributed by atoms with Crippen LogP contribution in [0.2, 0.25) is 0 Å². The van der Waals surface area contributed by atoms with Gasteiger partial charge in [0.2, 0.25) is 17.7 Å². The fourth-order valence-electron chi connectivity index (χ4n) is 4.03. The minimum absolute atomic E-state index is 0.0275. The number of likely N-dealkylation sites (tertiary alicyclic amines) is 1. The molecule has 2 aliphatic rings. The lowest BCUT2D eigenvalue weighted by molar-refractivity contribution is -0.139. The van der Waals surface area contributed by atoms with E-state index >= 15 is 0 Å². The van der Waals surface area contributed by atoms with E-state index in [9.17, 15) is 9.59 Å². The van der Waals surface area contributed by atoms with Gasteiger partial charge in [-0.2, -0.15) is 4.98 Å². The summed E-state index contributed by atoms with van der Waals surface area (Å²) in [6.07, 6.45) is 7.93. The Morgan fingerprint density at radius 1 is 1.26 bits per heavy atom. The van der Waals surface area contributed by atoms with Gasteiger partial charge in [0.25, 0.3) is 0 Å². The molecule has 7 heteroatoms. The highest BCUT2D eigenvalue weighted by molar-refractivity contribution is 5.83. The molecular formula is C20H32N4O3. The second-order valence-corrected chi connectivity index (χ2v) is 8.28. The molecule has 1 aliphatic heterocycles. The van der Waals surface area contributed by atoms with Gasteiger partial charge in [0.1, 0.15) is 0 Å². The van der Waals surface area contributed by atoms with Crippen molar-refractivity contribution in [1.82, 2.24) is 20.4 Å². The molecule has 3 rings (SSSR count). The molecule has 1 saturated heterocycles. The lowest BCUT2D eigenvalue weighted by Gasteiger charge is -2.35. The molecule has 1 atom stereocenters. The Hall–Kier alpha value is -1.92. The number of hydrogen-bond acceptors (Lipinski definition) is 5. The molecular weight excluding hydrogens is 344 g/mol. The minimum Gasteiger partial charge on any atom is -0.355 e. The molecule has 2 heterocycles. The molecule has 2 fully saturated rings. The molecule has 1 aliphatic carbocycles. The Kier molecular flexibility index (Phi) is 6.85. The number of hydrogen-bond donors (Lipinski definition) is 1. The van der Waals surface area contributed by atoms with Gasteiger partial charge in [-0.1, -0.05) is 38.3 Å². The number of nitrogens with one attached hydrogen (secondary N) is 1. The van der Waals surface area contributed by atoms with Gasteiger partial charge in [0.05, 0.1) is 5.92 Å². The number of piperidine rings is 1. The van der Waals surface area contributed by atoms with Crippen LogP contribution in [0.4, 0.5) is 0 Å². The van der Waals surface area contributed by atoms with Gasteiger partial charge in [-0.25, -0.2) is 0 Å². The Morgan fingerprint density at radius 3 is 2.74 bits per heavy atom. The van der Waals surface area contributed by atoms with Crippen molar-refractivity contribution >= 4 is 11.8 Å². The van der Waals surface area contributed by atoms with Gasteiger partial charge in [-0.15, -0.1) is 0 Å². The van der Waals surface area contributed by atoms with Gasteiger partial charge in [-0.05, 0) is 25.2 Å². The van der Waals surface area contributed by atoms with Crippen molar-refractivity contribution in [2.45, 2.75) is 71.1 Å². The van der Waals surface area contributed by atoms with E-state index in [2.05, 4.69) is 15.5 Å². The molecule has 0 spiro atoms. The maximum absolute atomic E-state index is 12.5. The predicted octanol–water partition coefficient (Wildman–Crippen LogP) is 2.67. The Labute approximate surface area is 161 Å². The molecule has 0 bridgehead atoms. The number of nitrogens with zero attached hydrogens (tertiary/aromatic N) is 3. The van der Waals surface area contributed by atoms with E-state index in [0.717, 1.165) is 6.54 Å². The number of aromatic nitrogens is 2. The molecule has 0 aromatic carbocycles. The average Bonchev–Trinajstić information content (AvgIpc) is 3.13. The van der Waals surface area contributed by atoms with Crippen LogP contribution in [0.15, 0.2) is 4.52 Å². The van der Waals surface area contributed by atoms with Crippen LogP contribution in [0.25, 0.3) is 0 Å².